The summed E-state index contributed by atoms with van der Waals surface area (Å²) in [5.41, 5.74) is 0. The maximum absolute atomic E-state index is 8.55. The van der Waals surface area contributed by atoms with Crippen LogP contribution in [0.25, 0.3) is 0 Å². The molecule has 0 spiro atoms. The Morgan fingerprint density at radius 2 is 1.14 bits per heavy atom. The van der Waals surface area contributed by atoms with E-state index >= 15 is 0 Å². The SMILES string of the molecule is O=P([O-])([O-])[O-].OCC(O)CO.[Na+].[Na+].[Na+]. The van der Waals surface area contributed by atoms with E-state index in [1.54, 1.807) is 0 Å². The molecule has 14 heavy (non-hydrogen) atoms. The number of hydrogen-bond acceptors (Lipinski definition) is 7. The van der Waals surface area contributed by atoms with E-state index < -0.39 is 13.9 Å². The van der Waals surface area contributed by atoms with Crippen LogP contribution in [0.15, 0.2) is 0 Å². The number of aliphatic hydroxyl groups is 3. The van der Waals surface area contributed by atoms with Crippen molar-refractivity contribution in [2.75, 3.05) is 13.2 Å². The van der Waals surface area contributed by atoms with Crippen LogP contribution >= 0.6 is 7.82 Å². The molecule has 0 heterocycles. The van der Waals surface area contributed by atoms with E-state index in [-0.39, 0.29) is 102 Å². The van der Waals surface area contributed by atoms with Crippen molar-refractivity contribution in [1.29, 1.82) is 0 Å². The molecule has 0 fully saturated rings. The van der Waals surface area contributed by atoms with Crippen LogP contribution in [0.5, 0.6) is 0 Å². The fourth-order valence-electron chi connectivity index (χ4n) is 0.0577. The first-order valence-electron chi connectivity index (χ1n) is 2.44. The molecule has 0 aliphatic heterocycles. The Morgan fingerprint density at radius 1 is 1.00 bits per heavy atom. The minimum absolute atomic E-state index is 0. The van der Waals surface area contributed by atoms with Gasteiger partial charge in [0.15, 0.2) is 0 Å². The number of rotatable bonds is 2. The third-order valence-electron chi connectivity index (χ3n) is 0.421. The van der Waals surface area contributed by atoms with Gasteiger partial charge in [-0.1, -0.05) is 0 Å². The smallest absolute Gasteiger partial charge is 0.822 e. The standard InChI is InChI=1S/C3H8O3.3Na.H3O4P/c4-1-3(6)2-5;;;;1-5(2,3)4/h3-6H,1-2H2;;;;(H3,1,2,3,4)/q;3*+1;/p-3. The van der Waals surface area contributed by atoms with E-state index in [0.29, 0.717) is 0 Å². The Bertz CT molecular complexity index is 117. The second kappa shape index (κ2) is 18.4. The molecular formula is C3H8Na3O7P. The van der Waals surface area contributed by atoms with Crippen LogP contribution < -0.4 is 103 Å². The quantitative estimate of drug-likeness (QED) is 0.328. The molecule has 0 aliphatic rings. The largest absolute Gasteiger partial charge is 1.00 e. The van der Waals surface area contributed by atoms with Crippen molar-refractivity contribution in [1.82, 2.24) is 0 Å². The van der Waals surface area contributed by atoms with Crippen molar-refractivity contribution in [2.24, 2.45) is 0 Å². The minimum atomic E-state index is -5.39. The monoisotopic (exact) mass is 256 g/mol. The zero-order chi connectivity index (χ0) is 9.49. The van der Waals surface area contributed by atoms with Crippen LogP contribution in [-0.4, -0.2) is 34.6 Å². The predicted octanol–water partition coefficient (Wildman–Crippen LogP) is -13.5. The summed E-state index contributed by atoms with van der Waals surface area (Å²) in [6.45, 7) is -0.729. The molecule has 0 amide bonds. The molecule has 0 aromatic carbocycles. The molecule has 0 aromatic heterocycles. The average molecular weight is 256 g/mol. The van der Waals surface area contributed by atoms with Crippen molar-refractivity contribution < 1.29 is 123 Å². The fraction of sp³-hybridized carbons (Fsp3) is 1.00. The fourth-order valence-corrected chi connectivity index (χ4v) is 0.0577. The van der Waals surface area contributed by atoms with E-state index in [1.165, 1.54) is 0 Å². The summed E-state index contributed by atoms with van der Waals surface area (Å²) in [5.74, 6) is 0. The molecule has 70 valence electrons. The van der Waals surface area contributed by atoms with E-state index in [9.17, 15) is 0 Å². The van der Waals surface area contributed by atoms with Gasteiger partial charge in [0.25, 0.3) is 0 Å². The third kappa shape index (κ3) is 60.0. The maximum atomic E-state index is 8.55. The molecule has 0 saturated carbocycles. The van der Waals surface area contributed by atoms with Gasteiger partial charge in [0.2, 0.25) is 0 Å². The van der Waals surface area contributed by atoms with Crippen LogP contribution in [-0.2, 0) is 4.57 Å². The van der Waals surface area contributed by atoms with E-state index in [0.717, 1.165) is 0 Å². The van der Waals surface area contributed by atoms with Crippen LogP contribution in [0.2, 0.25) is 0 Å². The molecule has 0 saturated heterocycles. The van der Waals surface area contributed by atoms with Crippen molar-refractivity contribution in [3.63, 3.8) is 0 Å². The second-order valence-electron chi connectivity index (χ2n) is 1.47. The molecule has 0 atom stereocenters. The van der Waals surface area contributed by atoms with Gasteiger partial charge >= 0.3 is 88.7 Å². The van der Waals surface area contributed by atoms with E-state index in [4.69, 9.17) is 34.6 Å². The average Bonchev–Trinajstić information content (AvgIpc) is 1.83. The number of aliphatic hydroxyl groups excluding tert-OH is 3. The third-order valence-corrected chi connectivity index (χ3v) is 0.421. The summed E-state index contributed by atoms with van der Waals surface area (Å²) in [5, 5.41) is 24.0. The summed E-state index contributed by atoms with van der Waals surface area (Å²) >= 11 is 0. The van der Waals surface area contributed by atoms with Crippen molar-refractivity contribution in [3.05, 3.63) is 0 Å². The summed E-state index contributed by atoms with van der Waals surface area (Å²) in [6, 6.07) is 0. The Labute approximate surface area is 148 Å². The van der Waals surface area contributed by atoms with Gasteiger partial charge in [0.1, 0.15) is 6.10 Å². The zero-order valence-electron chi connectivity index (χ0n) is 8.41. The molecule has 0 aliphatic carbocycles. The molecule has 11 heteroatoms. The number of phosphoric acid groups is 1. The van der Waals surface area contributed by atoms with Crippen LogP contribution in [0.1, 0.15) is 0 Å². The maximum Gasteiger partial charge on any atom is 1.00 e. The van der Waals surface area contributed by atoms with Gasteiger partial charge in [-0.3, -0.25) is 0 Å². The Balaban J connectivity index is -0.0000000321. The first-order chi connectivity index (χ1) is 4.81. The van der Waals surface area contributed by atoms with E-state index in [2.05, 4.69) is 0 Å². The Hall–Kier alpha value is 2.99. The van der Waals surface area contributed by atoms with Gasteiger partial charge in [-0.15, -0.1) is 0 Å². The second-order valence-corrected chi connectivity index (χ2v) is 2.36. The molecular weight excluding hydrogens is 248 g/mol. The van der Waals surface area contributed by atoms with Crippen LogP contribution in [0.4, 0.5) is 0 Å². The van der Waals surface area contributed by atoms with Crippen molar-refractivity contribution in [2.45, 2.75) is 6.10 Å². The number of hydrogen-bond donors (Lipinski definition) is 3. The summed E-state index contributed by atoms with van der Waals surface area (Å²) < 4.78 is 8.55. The normalized spacial score (nSPS) is 8.50. The Kier molecular flexibility index (Phi) is 39.6. The summed E-state index contributed by atoms with van der Waals surface area (Å²) in [6.07, 6.45) is -0.954. The van der Waals surface area contributed by atoms with Gasteiger partial charge in [-0.25, -0.2) is 0 Å². The first kappa shape index (κ1) is 30.2. The van der Waals surface area contributed by atoms with E-state index in [1.807, 2.05) is 0 Å². The zero-order valence-corrected chi connectivity index (χ0v) is 15.3. The van der Waals surface area contributed by atoms with Gasteiger partial charge in [-0.2, -0.15) is 7.82 Å². The molecule has 7 nitrogen and oxygen atoms in total. The van der Waals surface area contributed by atoms with Gasteiger partial charge in [-0.05, 0) is 0 Å². The van der Waals surface area contributed by atoms with Crippen molar-refractivity contribution in [3.8, 4) is 0 Å². The summed E-state index contributed by atoms with van der Waals surface area (Å²) in [7, 11) is -5.39. The van der Waals surface area contributed by atoms with Crippen LogP contribution in [0, 0.1) is 0 Å². The molecule has 3 N–H and O–H groups in total. The van der Waals surface area contributed by atoms with Gasteiger partial charge in [0.05, 0.1) is 13.2 Å². The molecule has 0 bridgehead atoms. The summed E-state index contributed by atoms with van der Waals surface area (Å²) in [4.78, 5) is 25.6. The molecule has 0 unspecified atom stereocenters. The topological polar surface area (TPSA) is 147 Å². The van der Waals surface area contributed by atoms with Crippen molar-refractivity contribution >= 4 is 7.82 Å². The molecule has 0 aromatic rings. The van der Waals surface area contributed by atoms with Gasteiger partial charge < -0.3 is 34.6 Å². The predicted molar refractivity (Wildman–Crippen MR) is 27.8 cm³/mol. The van der Waals surface area contributed by atoms with Gasteiger partial charge in [0, 0.05) is 0 Å². The Morgan fingerprint density at radius 3 is 1.14 bits per heavy atom. The minimum Gasteiger partial charge on any atom is -0.822 e. The molecule has 0 rings (SSSR count). The van der Waals surface area contributed by atoms with Crippen LogP contribution in [0.3, 0.4) is 0 Å². The molecule has 0 radical (unpaired) electrons. The first-order valence-corrected chi connectivity index (χ1v) is 3.90.